The average molecular weight is 357 g/mol. The lowest BCUT2D eigenvalue weighted by Crippen LogP contribution is -2.49. The van der Waals surface area contributed by atoms with Gasteiger partial charge in [-0.25, -0.2) is 4.98 Å². The minimum absolute atomic E-state index is 0.482. The number of imidazole rings is 1. The van der Waals surface area contributed by atoms with Crippen LogP contribution in [0.2, 0.25) is 0 Å². The van der Waals surface area contributed by atoms with Crippen molar-refractivity contribution in [3.63, 3.8) is 0 Å². The highest BCUT2D eigenvalue weighted by Gasteiger charge is 2.28. The van der Waals surface area contributed by atoms with Crippen LogP contribution in [0.15, 0.2) is 53.7 Å². The van der Waals surface area contributed by atoms with Gasteiger partial charge in [-0.3, -0.25) is 8.69 Å². The molecule has 1 heterocycles. The first-order valence-electron chi connectivity index (χ1n) is 8.91. The molecule has 0 aliphatic rings. The molecule has 3 rings (SSSR count). The second-order valence-corrected chi connectivity index (χ2v) is 7.64. The van der Waals surface area contributed by atoms with E-state index in [2.05, 4.69) is 48.9 Å². The lowest BCUT2D eigenvalue weighted by Gasteiger charge is -2.36. The van der Waals surface area contributed by atoms with Gasteiger partial charge in [-0.1, -0.05) is 30.3 Å². The van der Waals surface area contributed by atoms with Crippen molar-refractivity contribution >= 4 is 27.5 Å². The number of aromatic amines is 1. The van der Waals surface area contributed by atoms with Gasteiger partial charge in [0, 0.05) is 5.56 Å². The highest BCUT2D eigenvalue weighted by Crippen LogP contribution is 2.29. The molecule has 0 amide bonds. The van der Waals surface area contributed by atoms with Crippen molar-refractivity contribution in [1.82, 2.24) is 14.5 Å². The van der Waals surface area contributed by atoms with Gasteiger partial charge in [0.25, 0.3) is 0 Å². The molecule has 5 heteroatoms. The second kappa shape index (κ2) is 7.50. The third kappa shape index (κ3) is 3.39. The van der Waals surface area contributed by atoms with E-state index in [4.69, 9.17) is 0 Å². The molecule has 0 radical (unpaired) electrons. The van der Waals surface area contributed by atoms with Crippen LogP contribution in [0.5, 0.6) is 0 Å². The molecule has 0 fully saturated rings. The van der Waals surface area contributed by atoms with Crippen LogP contribution in [-0.4, -0.2) is 33.8 Å². The van der Waals surface area contributed by atoms with Crippen LogP contribution in [-0.2, 0) is 16.6 Å². The summed E-state index contributed by atoms with van der Waals surface area (Å²) in [5, 5.41) is 0.554. The highest BCUT2D eigenvalue weighted by atomic mass is 32.2. The maximum Gasteiger partial charge on any atom is 0.197 e. The first kappa shape index (κ1) is 17.8. The summed E-state index contributed by atoms with van der Waals surface area (Å²) in [7, 11) is -1.19. The molecule has 25 heavy (non-hydrogen) atoms. The minimum atomic E-state index is -1.19. The van der Waals surface area contributed by atoms with Gasteiger partial charge in [-0.05, 0) is 39.0 Å². The summed E-state index contributed by atoms with van der Waals surface area (Å²) in [5.41, 5.74) is 4.21. The Morgan fingerprint density at radius 2 is 1.60 bits per heavy atom. The van der Waals surface area contributed by atoms with Crippen LogP contribution >= 0.6 is 0 Å². The number of aromatic nitrogens is 2. The zero-order valence-electron chi connectivity index (χ0n) is 15.2. The van der Waals surface area contributed by atoms with Crippen LogP contribution in [0.25, 0.3) is 11.0 Å². The molecule has 0 saturated carbocycles. The van der Waals surface area contributed by atoms with E-state index in [0.717, 1.165) is 40.7 Å². The summed E-state index contributed by atoms with van der Waals surface area (Å²) < 4.78 is 13.8. The number of hydrogen-bond acceptors (Lipinski definition) is 2. The van der Waals surface area contributed by atoms with Crippen molar-refractivity contribution < 1.29 is 4.21 Å². The normalized spacial score (nSPS) is 13.2. The Labute approximate surface area is 151 Å². The number of nitrogens with one attached hydrogen (secondary N) is 1. The zero-order chi connectivity index (χ0) is 17.9. The first-order chi connectivity index (χ1) is 12.1. The van der Waals surface area contributed by atoms with Crippen LogP contribution in [0.4, 0.5) is 5.69 Å². The number of benzene rings is 2. The molecule has 4 nitrogen and oxygen atoms in total. The third-order valence-electron chi connectivity index (χ3n) is 5.19. The fraction of sp³-hybridized carbons (Fsp3) is 0.350. The molecule has 1 aromatic heterocycles. The summed E-state index contributed by atoms with van der Waals surface area (Å²) in [6.45, 7) is 9.75. The molecule has 0 aliphatic carbocycles. The summed E-state index contributed by atoms with van der Waals surface area (Å²) >= 11 is 0. The summed E-state index contributed by atoms with van der Waals surface area (Å²) in [4.78, 5) is 7.70. The zero-order valence-corrected chi connectivity index (χ0v) is 16.0. The number of fused-ring (bicyclic) bond motifs is 1. The summed E-state index contributed by atoms with van der Waals surface area (Å²) in [5.74, 6) is 0.482. The number of rotatable bonds is 7. The fourth-order valence-electron chi connectivity index (χ4n) is 3.52. The van der Waals surface area contributed by atoms with Gasteiger partial charge >= 0.3 is 0 Å². The van der Waals surface area contributed by atoms with E-state index in [9.17, 15) is 4.21 Å². The third-order valence-corrected chi connectivity index (χ3v) is 6.39. The highest BCUT2D eigenvalue weighted by molar-refractivity contribution is 7.84. The molecule has 1 unspecified atom stereocenters. The number of H-pyrrole nitrogens is 1. The van der Waals surface area contributed by atoms with E-state index in [0.29, 0.717) is 10.9 Å². The molecule has 0 bridgehead atoms. The van der Waals surface area contributed by atoms with Crippen molar-refractivity contribution in [3.05, 3.63) is 54.1 Å². The molecule has 2 aromatic carbocycles. The van der Waals surface area contributed by atoms with Gasteiger partial charge in [0.1, 0.15) is 5.69 Å². The van der Waals surface area contributed by atoms with E-state index in [1.807, 2.05) is 30.3 Å². The van der Waals surface area contributed by atoms with Crippen molar-refractivity contribution in [2.75, 3.05) is 19.6 Å². The molecule has 0 aliphatic heterocycles. The fourth-order valence-corrected chi connectivity index (χ4v) is 4.61. The van der Waals surface area contributed by atoms with Gasteiger partial charge in [0.05, 0.1) is 47.2 Å². The SMILES string of the molecule is CC[N+](CC)(CC)c1ccccc1CS(=O)c1nc2ccccc2[nH]1. The predicted molar refractivity (Wildman–Crippen MR) is 106 cm³/mol. The van der Waals surface area contributed by atoms with E-state index < -0.39 is 10.8 Å². The molecule has 1 N–H and O–H groups in total. The smallest absolute Gasteiger partial charge is 0.197 e. The Morgan fingerprint density at radius 3 is 2.28 bits per heavy atom. The largest absolute Gasteiger partial charge is 0.331 e. The van der Waals surface area contributed by atoms with Gasteiger partial charge < -0.3 is 4.98 Å². The van der Waals surface area contributed by atoms with Crippen molar-refractivity contribution in [1.29, 1.82) is 0 Å². The number of quaternary nitrogens is 1. The molecular weight excluding hydrogens is 330 g/mol. The Bertz CT molecular complexity index is 842. The van der Waals surface area contributed by atoms with Crippen LogP contribution in [0, 0.1) is 0 Å². The van der Waals surface area contributed by atoms with Gasteiger partial charge in [0.15, 0.2) is 5.16 Å². The standard InChI is InChI=1S/C20H26N3OS/c1-4-23(5-2,6-3)19-14-10-7-11-16(19)15-25(24)20-21-17-12-8-9-13-18(17)22-20/h7-14H,4-6,15H2,1-3H3,(H,21,22)/q+1. The lowest BCUT2D eigenvalue weighted by atomic mass is 10.1. The topological polar surface area (TPSA) is 45.8 Å². The van der Waals surface area contributed by atoms with E-state index in [1.54, 1.807) is 0 Å². The quantitative estimate of drug-likeness (QED) is 0.644. The predicted octanol–water partition coefficient (Wildman–Crippen LogP) is 4.24. The average Bonchev–Trinajstić information content (AvgIpc) is 3.09. The van der Waals surface area contributed by atoms with Crippen molar-refractivity contribution in [2.24, 2.45) is 0 Å². The number of nitrogens with zero attached hydrogens (tertiary/aromatic N) is 2. The van der Waals surface area contributed by atoms with Gasteiger partial charge in [-0.2, -0.15) is 0 Å². The molecule has 3 aromatic rings. The molecule has 0 spiro atoms. The Kier molecular flexibility index (Phi) is 5.35. The van der Waals surface area contributed by atoms with E-state index in [-0.39, 0.29) is 0 Å². The van der Waals surface area contributed by atoms with Crippen LogP contribution in [0.3, 0.4) is 0 Å². The molecule has 0 saturated heterocycles. The number of hydrogen-bond donors (Lipinski definition) is 1. The molecular formula is C20H26N3OS+. The number of para-hydroxylation sites is 3. The van der Waals surface area contributed by atoms with Gasteiger partial charge in [0.2, 0.25) is 0 Å². The maximum atomic E-state index is 12.9. The summed E-state index contributed by atoms with van der Waals surface area (Å²) in [6.07, 6.45) is 0. The first-order valence-corrected chi connectivity index (χ1v) is 10.2. The minimum Gasteiger partial charge on any atom is -0.331 e. The van der Waals surface area contributed by atoms with E-state index >= 15 is 0 Å². The van der Waals surface area contributed by atoms with Gasteiger partial charge in [-0.15, -0.1) is 0 Å². The van der Waals surface area contributed by atoms with Crippen LogP contribution in [0.1, 0.15) is 26.3 Å². The second-order valence-electron chi connectivity index (χ2n) is 6.27. The van der Waals surface area contributed by atoms with Crippen LogP contribution < -0.4 is 4.48 Å². The van der Waals surface area contributed by atoms with E-state index in [1.165, 1.54) is 5.69 Å². The lowest BCUT2D eigenvalue weighted by molar-refractivity contribution is 0.314. The summed E-state index contributed by atoms with van der Waals surface area (Å²) in [6, 6.07) is 16.2. The Hall–Kier alpha value is -1.98. The van der Waals surface area contributed by atoms with Crippen molar-refractivity contribution in [2.45, 2.75) is 31.7 Å². The maximum absolute atomic E-state index is 12.9. The monoisotopic (exact) mass is 356 g/mol. The van der Waals surface area contributed by atoms with Crippen molar-refractivity contribution in [3.8, 4) is 0 Å². The Morgan fingerprint density at radius 1 is 0.960 bits per heavy atom. The molecule has 1 atom stereocenters. The molecule has 132 valence electrons. The Balaban J connectivity index is 1.94.